The Morgan fingerprint density at radius 3 is 0.400 bits per heavy atom. The fourth-order valence-corrected chi connectivity index (χ4v) is 0. The molecule has 0 aromatic rings. The molecule has 72 valence electrons. The van der Waals surface area contributed by atoms with E-state index in [2.05, 4.69) is 23.3 Å². The summed E-state index contributed by atoms with van der Waals surface area (Å²) in [6, 6.07) is 0. The second-order valence-electron chi connectivity index (χ2n) is 0. The number of hydrogen-bond acceptors (Lipinski definition) is 2. The SMILES string of the molecule is O.O.O.O.O.O.O.SS.[NaH]. The summed E-state index contributed by atoms with van der Waals surface area (Å²) in [5.41, 5.74) is 0. The van der Waals surface area contributed by atoms with Crippen LogP contribution in [0.2, 0.25) is 0 Å². The minimum absolute atomic E-state index is 0. The van der Waals surface area contributed by atoms with Gasteiger partial charge in [0, 0.05) is 0 Å². The van der Waals surface area contributed by atoms with Crippen LogP contribution >= 0.6 is 23.3 Å². The van der Waals surface area contributed by atoms with E-state index in [1.807, 2.05) is 0 Å². The van der Waals surface area contributed by atoms with Gasteiger partial charge in [-0.2, -0.15) is 0 Å². The van der Waals surface area contributed by atoms with E-state index < -0.39 is 0 Å². The molecule has 0 radical (unpaired) electrons. The minimum atomic E-state index is 0. The Morgan fingerprint density at radius 2 is 0.400 bits per heavy atom. The van der Waals surface area contributed by atoms with E-state index in [0.717, 1.165) is 0 Å². The number of thiol groups is 2. The predicted octanol–water partition coefficient (Wildman–Crippen LogP) is -5.66. The first kappa shape index (κ1) is 212. The van der Waals surface area contributed by atoms with Crippen LogP contribution in [0.25, 0.3) is 0 Å². The van der Waals surface area contributed by atoms with E-state index in [1.165, 1.54) is 0 Å². The average molecular weight is 216 g/mol. The van der Waals surface area contributed by atoms with Crippen LogP contribution in [0.4, 0.5) is 0 Å². The molecule has 0 aliphatic carbocycles. The zero-order chi connectivity index (χ0) is 2.00. The molecule has 10 heteroatoms. The Morgan fingerprint density at radius 1 is 0.400 bits per heavy atom. The molecule has 0 amide bonds. The van der Waals surface area contributed by atoms with Crippen molar-refractivity contribution in [3.8, 4) is 0 Å². The maximum atomic E-state index is 3.22. The van der Waals surface area contributed by atoms with Crippen LogP contribution in [-0.2, 0) is 0 Å². The molecule has 0 saturated heterocycles. The van der Waals surface area contributed by atoms with Gasteiger partial charge in [-0.25, -0.2) is 0 Å². The fourth-order valence-electron chi connectivity index (χ4n) is 0. The zero-order valence-corrected chi connectivity index (χ0v) is 6.18. The Hall–Kier alpha value is 1.42. The molecule has 0 aromatic heterocycles. The summed E-state index contributed by atoms with van der Waals surface area (Å²) in [7, 11) is 0. The quantitative estimate of drug-likeness (QED) is 0.219. The molecule has 0 fully saturated rings. The van der Waals surface area contributed by atoms with Crippen molar-refractivity contribution >= 4 is 52.9 Å². The molecule has 0 aromatic carbocycles. The molecule has 10 heavy (non-hydrogen) atoms. The Bertz CT molecular complexity index is 11.6. The molecule has 7 nitrogen and oxygen atoms in total. The van der Waals surface area contributed by atoms with Crippen LogP contribution in [-0.4, -0.2) is 67.9 Å². The molecule has 0 atom stereocenters. The summed E-state index contributed by atoms with van der Waals surface area (Å²) in [5, 5.41) is 0. The van der Waals surface area contributed by atoms with E-state index in [-0.39, 0.29) is 67.9 Å². The van der Waals surface area contributed by atoms with Crippen molar-refractivity contribution in [3.05, 3.63) is 0 Å². The third kappa shape index (κ3) is 331. The predicted molar refractivity (Wildman–Crippen MR) is 50.4 cm³/mol. The topological polar surface area (TPSA) is 220 Å². The molecule has 0 bridgehead atoms. The van der Waals surface area contributed by atoms with E-state index in [1.54, 1.807) is 0 Å². The van der Waals surface area contributed by atoms with Crippen LogP contribution in [0.3, 0.4) is 0 Å². The first-order valence-electron chi connectivity index (χ1n) is 0.200. The Balaban J connectivity index is -0.000000000179. The van der Waals surface area contributed by atoms with Gasteiger partial charge >= 0.3 is 29.6 Å². The van der Waals surface area contributed by atoms with Crippen molar-refractivity contribution in [2.24, 2.45) is 0 Å². The van der Waals surface area contributed by atoms with E-state index in [9.17, 15) is 0 Å². The molecule has 0 heterocycles. The Labute approximate surface area is 90.9 Å². The van der Waals surface area contributed by atoms with Gasteiger partial charge in [-0.1, -0.05) is 0 Å². The van der Waals surface area contributed by atoms with Gasteiger partial charge in [0.1, 0.15) is 0 Å². The monoisotopic (exact) mass is 216 g/mol. The van der Waals surface area contributed by atoms with E-state index in [4.69, 9.17) is 0 Å². The van der Waals surface area contributed by atoms with Crippen molar-refractivity contribution in [1.29, 1.82) is 0 Å². The molecule has 14 N–H and O–H groups in total. The number of hydrogen-bond donors (Lipinski definition) is 2. The van der Waals surface area contributed by atoms with E-state index in [0.29, 0.717) is 0 Å². The van der Waals surface area contributed by atoms with Crippen LogP contribution in [0.5, 0.6) is 0 Å². The van der Waals surface area contributed by atoms with Crippen LogP contribution < -0.4 is 0 Å². The van der Waals surface area contributed by atoms with Crippen LogP contribution in [0.1, 0.15) is 0 Å². The summed E-state index contributed by atoms with van der Waals surface area (Å²) >= 11 is 6.44. The second-order valence-corrected chi connectivity index (χ2v) is 0. The second kappa shape index (κ2) is 459. The molecular formula is H17NaO7S2. The fraction of sp³-hybridized carbons (Fsp3) is 0. The van der Waals surface area contributed by atoms with Crippen LogP contribution in [0, 0.1) is 0 Å². The molecule has 0 rings (SSSR count). The summed E-state index contributed by atoms with van der Waals surface area (Å²) < 4.78 is 0. The third-order valence-electron chi connectivity index (χ3n) is 0. The van der Waals surface area contributed by atoms with Crippen LogP contribution in [0.15, 0.2) is 0 Å². The van der Waals surface area contributed by atoms with Gasteiger partial charge in [0.2, 0.25) is 0 Å². The van der Waals surface area contributed by atoms with Gasteiger partial charge in [0.25, 0.3) is 0 Å². The molecule has 0 aliphatic heterocycles. The van der Waals surface area contributed by atoms with Crippen molar-refractivity contribution in [2.75, 3.05) is 0 Å². The average Bonchev–Trinajstić information content (AvgIpc) is 1.00. The first-order valence-corrected chi connectivity index (χ1v) is 1.80. The first-order chi connectivity index (χ1) is 1.00. The summed E-state index contributed by atoms with van der Waals surface area (Å²) in [6.45, 7) is 0. The van der Waals surface area contributed by atoms with Gasteiger partial charge in [-0.15, -0.1) is 23.3 Å². The third-order valence-corrected chi connectivity index (χ3v) is 0. The summed E-state index contributed by atoms with van der Waals surface area (Å²) in [6.07, 6.45) is 0. The van der Waals surface area contributed by atoms with E-state index >= 15 is 0 Å². The molecular weight excluding hydrogens is 199 g/mol. The number of rotatable bonds is 0. The molecule has 0 saturated carbocycles. The maximum absolute atomic E-state index is 3.22. The van der Waals surface area contributed by atoms with Crippen molar-refractivity contribution in [2.45, 2.75) is 0 Å². The standard InChI is InChI=1S/Na.7H2O.H2S2.H/c;;;;;;;;1-2;/h;7*1H2;1-2H;. The van der Waals surface area contributed by atoms with Gasteiger partial charge in [0.05, 0.1) is 0 Å². The van der Waals surface area contributed by atoms with Gasteiger partial charge in [0.15, 0.2) is 0 Å². The Kier molecular flexibility index (Phi) is 9710. The van der Waals surface area contributed by atoms with Gasteiger partial charge < -0.3 is 38.3 Å². The van der Waals surface area contributed by atoms with Crippen molar-refractivity contribution < 1.29 is 38.3 Å². The van der Waals surface area contributed by atoms with Gasteiger partial charge in [-0.05, 0) is 0 Å². The summed E-state index contributed by atoms with van der Waals surface area (Å²) in [4.78, 5) is 0. The molecule has 0 aliphatic rings. The summed E-state index contributed by atoms with van der Waals surface area (Å²) in [5.74, 6) is 0. The molecule has 0 spiro atoms. The zero-order valence-electron chi connectivity index (χ0n) is 4.39. The normalized spacial score (nSPS) is 0.600. The van der Waals surface area contributed by atoms with Crippen molar-refractivity contribution in [1.82, 2.24) is 0 Å². The van der Waals surface area contributed by atoms with Crippen molar-refractivity contribution in [3.63, 3.8) is 0 Å². The molecule has 0 unspecified atom stereocenters. The van der Waals surface area contributed by atoms with Gasteiger partial charge in [-0.3, -0.25) is 0 Å².